The molecule has 0 aromatic heterocycles. The molecule has 0 amide bonds. The second-order valence-electron chi connectivity index (χ2n) is 4.80. The highest BCUT2D eigenvalue weighted by molar-refractivity contribution is 9.09. The molecule has 0 aromatic carbocycles. The zero-order chi connectivity index (χ0) is 10.6. The van der Waals surface area contributed by atoms with E-state index in [0.29, 0.717) is 5.41 Å². The van der Waals surface area contributed by atoms with Crippen molar-refractivity contribution in [3.8, 4) is 0 Å². The summed E-state index contributed by atoms with van der Waals surface area (Å²) >= 11 is 3.69. The fourth-order valence-electron chi connectivity index (χ4n) is 2.36. The van der Waals surface area contributed by atoms with Crippen LogP contribution in [-0.4, -0.2) is 29.4 Å². The van der Waals surface area contributed by atoms with Gasteiger partial charge >= 0.3 is 0 Å². The molecule has 0 spiro atoms. The predicted octanol–water partition coefficient (Wildman–Crippen LogP) is 3.67. The molecule has 0 N–H and O–H groups in total. The Bertz CT molecular complexity index is 157. The van der Waals surface area contributed by atoms with Crippen molar-refractivity contribution >= 4 is 15.9 Å². The summed E-state index contributed by atoms with van der Waals surface area (Å²) in [6, 6.07) is 0.812. The lowest BCUT2D eigenvalue weighted by Gasteiger charge is -2.36. The van der Waals surface area contributed by atoms with Crippen LogP contribution in [0.2, 0.25) is 0 Å². The second-order valence-corrected chi connectivity index (χ2v) is 5.36. The van der Waals surface area contributed by atoms with E-state index in [0.717, 1.165) is 11.4 Å². The van der Waals surface area contributed by atoms with Crippen molar-refractivity contribution in [2.45, 2.75) is 52.5 Å². The lowest BCUT2D eigenvalue weighted by Crippen LogP contribution is -2.40. The first-order valence-corrected chi connectivity index (χ1v) is 7.09. The van der Waals surface area contributed by atoms with Gasteiger partial charge in [-0.25, -0.2) is 0 Å². The van der Waals surface area contributed by atoms with Crippen LogP contribution in [0.15, 0.2) is 0 Å². The van der Waals surface area contributed by atoms with Crippen LogP contribution in [-0.2, 0) is 0 Å². The maximum absolute atomic E-state index is 3.69. The molecule has 1 atom stereocenters. The molecule has 14 heavy (non-hydrogen) atoms. The number of nitrogens with zero attached hydrogens (tertiary/aromatic N) is 1. The summed E-state index contributed by atoms with van der Waals surface area (Å²) in [5, 5.41) is 1.15. The van der Waals surface area contributed by atoms with Gasteiger partial charge in [-0.1, -0.05) is 29.8 Å². The van der Waals surface area contributed by atoms with Gasteiger partial charge in [0.05, 0.1) is 0 Å². The summed E-state index contributed by atoms with van der Waals surface area (Å²) in [5.41, 5.74) is 0.512. The fourth-order valence-corrected chi connectivity index (χ4v) is 3.33. The Balaban J connectivity index is 2.54. The Morgan fingerprint density at radius 3 is 2.36 bits per heavy atom. The summed E-state index contributed by atoms with van der Waals surface area (Å²) in [6.07, 6.45) is 5.37. The molecule has 0 radical (unpaired) electrons. The van der Waals surface area contributed by atoms with Gasteiger partial charge in [0.15, 0.2) is 0 Å². The number of alkyl halides is 1. The van der Waals surface area contributed by atoms with Crippen molar-refractivity contribution in [3.05, 3.63) is 0 Å². The predicted molar refractivity (Wildman–Crippen MR) is 67.1 cm³/mol. The van der Waals surface area contributed by atoms with Gasteiger partial charge in [0, 0.05) is 17.9 Å². The molecule has 1 fully saturated rings. The largest absolute Gasteiger partial charge is 0.300 e. The standard InChI is InChI=1S/C12H24BrN/c1-4-12(5-2,9-13)10-14-8-6-7-11(14)3/h11H,4-10H2,1-3H3. The molecule has 0 aliphatic carbocycles. The molecule has 2 heteroatoms. The molecular weight excluding hydrogens is 238 g/mol. The maximum Gasteiger partial charge on any atom is 0.01000 e. The highest BCUT2D eigenvalue weighted by Gasteiger charge is 2.31. The molecule has 1 saturated heterocycles. The van der Waals surface area contributed by atoms with E-state index in [-0.39, 0.29) is 0 Å². The normalized spacial score (nSPS) is 24.4. The van der Waals surface area contributed by atoms with Gasteiger partial charge in [0.2, 0.25) is 0 Å². The van der Waals surface area contributed by atoms with Crippen molar-refractivity contribution in [1.29, 1.82) is 0 Å². The van der Waals surface area contributed by atoms with E-state index in [1.54, 1.807) is 0 Å². The number of halogens is 1. The minimum Gasteiger partial charge on any atom is -0.300 e. The minimum atomic E-state index is 0.512. The molecule has 1 nitrogen and oxygen atoms in total. The Morgan fingerprint density at radius 1 is 1.36 bits per heavy atom. The lowest BCUT2D eigenvalue weighted by molar-refractivity contribution is 0.154. The first-order chi connectivity index (χ1) is 6.67. The van der Waals surface area contributed by atoms with E-state index in [1.165, 1.54) is 38.8 Å². The average Bonchev–Trinajstić information content (AvgIpc) is 2.61. The Hall–Kier alpha value is 0.440. The van der Waals surface area contributed by atoms with E-state index < -0.39 is 0 Å². The molecule has 1 unspecified atom stereocenters. The minimum absolute atomic E-state index is 0.512. The summed E-state index contributed by atoms with van der Waals surface area (Å²) in [6.45, 7) is 9.62. The first kappa shape index (κ1) is 12.5. The fraction of sp³-hybridized carbons (Fsp3) is 1.00. The van der Waals surface area contributed by atoms with E-state index in [4.69, 9.17) is 0 Å². The summed E-state index contributed by atoms with van der Waals surface area (Å²) in [5.74, 6) is 0. The molecule has 1 aliphatic heterocycles. The molecule has 0 aromatic rings. The van der Waals surface area contributed by atoms with Crippen molar-refractivity contribution < 1.29 is 0 Å². The third-order valence-electron chi connectivity index (χ3n) is 4.01. The summed E-state index contributed by atoms with van der Waals surface area (Å²) < 4.78 is 0. The SMILES string of the molecule is CCC(CC)(CBr)CN1CCCC1C. The summed E-state index contributed by atoms with van der Waals surface area (Å²) in [7, 11) is 0. The van der Waals surface area contributed by atoms with Crippen LogP contribution in [0, 0.1) is 5.41 Å². The van der Waals surface area contributed by atoms with Crippen LogP contribution in [0.5, 0.6) is 0 Å². The van der Waals surface area contributed by atoms with Crippen LogP contribution in [0.4, 0.5) is 0 Å². The number of hydrogen-bond donors (Lipinski definition) is 0. The van der Waals surface area contributed by atoms with E-state index >= 15 is 0 Å². The van der Waals surface area contributed by atoms with E-state index in [1.807, 2.05) is 0 Å². The quantitative estimate of drug-likeness (QED) is 0.683. The van der Waals surface area contributed by atoms with Gasteiger partial charge in [0.25, 0.3) is 0 Å². The van der Waals surface area contributed by atoms with Crippen molar-refractivity contribution in [3.63, 3.8) is 0 Å². The zero-order valence-corrected chi connectivity index (χ0v) is 11.4. The topological polar surface area (TPSA) is 3.24 Å². The molecule has 1 rings (SSSR count). The Morgan fingerprint density at radius 2 is 2.00 bits per heavy atom. The van der Waals surface area contributed by atoms with Gasteiger partial charge in [-0.2, -0.15) is 0 Å². The van der Waals surface area contributed by atoms with Gasteiger partial charge in [0.1, 0.15) is 0 Å². The highest BCUT2D eigenvalue weighted by Crippen LogP contribution is 2.32. The monoisotopic (exact) mass is 261 g/mol. The third kappa shape index (κ3) is 2.73. The smallest absolute Gasteiger partial charge is 0.01000 e. The van der Waals surface area contributed by atoms with Crippen molar-refractivity contribution in [2.75, 3.05) is 18.4 Å². The van der Waals surface area contributed by atoms with E-state index in [2.05, 4.69) is 41.6 Å². The second kappa shape index (κ2) is 5.50. The molecule has 84 valence electrons. The summed E-state index contributed by atoms with van der Waals surface area (Å²) in [4.78, 5) is 2.67. The first-order valence-electron chi connectivity index (χ1n) is 5.97. The number of hydrogen-bond acceptors (Lipinski definition) is 1. The van der Waals surface area contributed by atoms with Gasteiger partial charge in [-0.15, -0.1) is 0 Å². The molecule has 0 bridgehead atoms. The van der Waals surface area contributed by atoms with E-state index in [9.17, 15) is 0 Å². The van der Waals surface area contributed by atoms with Crippen molar-refractivity contribution in [1.82, 2.24) is 4.90 Å². The zero-order valence-electron chi connectivity index (χ0n) is 9.85. The molecule has 0 saturated carbocycles. The number of rotatable bonds is 5. The maximum atomic E-state index is 3.69. The highest BCUT2D eigenvalue weighted by atomic mass is 79.9. The van der Waals surface area contributed by atoms with Crippen LogP contribution in [0.25, 0.3) is 0 Å². The van der Waals surface area contributed by atoms with Crippen molar-refractivity contribution in [2.24, 2.45) is 5.41 Å². The van der Waals surface area contributed by atoms with Crippen LogP contribution in [0.1, 0.15) is 46.5 Å². The molecule has 1 heterocycles. The number of likely N-dealkylation sites (tertiary alicyclic amines) is 1. The van der Waals surface area contributed by atoms with Crippen LogP contribution < -0.4 is 0 Å². The van der Waals surface area contributed by atoms with Gasteiger partial charge in [-0.05, 0) is 44.6 Å². The lowest BCUT2D eigenvalue weighted by atomic mass is 9.84. The van der Waals surface area contributed by atoms with Gasteiger partial charge < -0.3 is 4.90 Å². The molecule has 1 aliphatic rings. The van der Waals surface area contributed by atoms with Crippen LogP contribution >= 0.6 is 15.9 Å². The average molecular weight is 262 g/mol. The molecular formula is C12H24BrN. The Kier molecular flexibility index (Phi) is 4.92. The Labute approximate surface area is 97.4 Å². The third-order valence-corrected chi connectivity index (χ3v) is 5.20. The van der Waals surface area contributed by atoms with Crippen LogP contribution in [0.3, 0.4) is 0 Å². The van der Waals surface area contributed by atoms with Gasteiger partial charge in [-0.3, -0.25) is 0 Å².